The van der Waals surface area contributed by atoms with Gasteiger partial charge >= 0.3 is 5.97 Å². The van der Waals surface area contributed by atoms with E-state index in [9.17, 15) is 4.79 Å². The summed E-state index contributed by atoms with van der Waals surface area (Å²) in [5.41, 5.74) is 0. The summed E-state index contributed by atoms with van der Waals surface area (Å²) in [5, 5.41) is 12.5. The van der Waals surface area contributed by atoms with Crippen LogP contribution < -0.4 is 5.32 Å². The van der Waals surface area contributed by atoms with Crippen LogP contribution in [0.5, 0.6) is 0 Å². The van der Waals surface area contributed by atoms with Gasteiger partial charge in [0.15, 0.2) is 0 Å². The van der Waals surface area contributed by atoms with E-state index in [4.69, 9.17) is 5.11 Å². The van der Waals surface area contributed by atoms with Crippen LogP contribution in [0.3, 0.4) is 0 Å². The van der Waals surface area contributed by atoms with Crippen LogP contribution in [-0.4, -0.2) is 23.2 Å². The maximum Gasteiger partial charge on any atom is 0.320 e. The lowest BCUT2D eigenvalue weighted by atomic mass is 10.0. The molecule has 0 aliphatic heterocycles. The Bertz CT molecular complexity index is 222. The van der Waals surface area contributed by atoms with Crippen molar-refractivity contribution in [2.75, 3.05) is 0 Å². The monoisotopic (exact) mass is 211 g/mol. The molecule has 15 heavy (non-hydrogen) atoms. The van der Waals surface area contributed by atoms with E-state index in [0.29, 0.717) is 6.04 Å². The number of hydrogen-bond donors (Lipinski definition) is 2. The van der Waals surface area contributed by atoms with Gasteiger partial charge in [0.2, 0.25) is 0 Å². The summed E-state index contributed by atoms with van der Waals surface area (Å²) < 4.78 is 0. The molecule has 2 saturated carbocycles. The zero-order valence-corrected chi connectivity index (χ0v) is 9.41. The Morgan fingerprint density at radius 2 is 1.87 bits per heavy atom. The molecule has 3 heteroatoms. The van der Waals surface area contributed by atoms with E-state index >= 15 is 0 Å². The van der Waals surface area contributed by atoms with Gasteiger partial charge in [0.25, 0.3) is 0 Å². The first-order valence-corrected chi connectivity index (χ1v) is 6.21. The van der Waals surface area contributed by atoms with Crippen LogP contribution in [0.25, 0.3) is 0 Å². The second-order valence-corrected chi connectivity index (χ2v) is 5.05. The van der Waals surface area contributed by atoms with Crippen molar-refractivity contribution in [1.29, 1.82) is 0 Å². The Labute approximate surface area is 91.2 Å². The summed E-state index contributed by atoms with van der Waals surface area (Å²) in [6.07, 6.45) is 6.88. The summed E-state index contributed by atoms with van der Waals surface area (Å²) in [6, 6.07) is 0.179. The molecule has 0 aromatic rings. The molecule has 0 saturated heterocycles. The number of aliphatic carboxylic acids is 1. The molecular weight excluding hydrogens is 190 g/mol. The molecule has 0 radical (unpaired) electrons. The Morgan fingerprint density at radius 3 is 2.20 bits per heavy atom. The van der Waals surface area contributed by atoms with Gasteiger partial charge < -0.3 is 10.4 Å². The lowest BCUT2D eigenvalue weighted by Gasteiger charge is -2.22. The molecule has 1 unspecified atom stereocenters. The number of nitrogens with one attached hydrogen (secondary N) is 1. The minimum Gasteiger partial charge on any atom is -0.480 e. The SMILES string of the molecule is CCCC(NC(C1CC1)C1CC1)C(=O)O. The van der Waals surface area contributed by atoms with E-state index in [1.54, 1.807) is 0 Å². The van der Waals surface area contributed by atoms with Crippen molar-refractivity contribution in [2.45, 2.75) is 57.5 Å². The van der Waals surface area contributed by atoms with Gasteiger partial charge in [0, 0.05) is 6.04 Å². The van der Waals surface area contributed by atoms with E-state index < -0.39 is 5.97 Å². The highest BCUT2D eigenvalue weighted by Gasteiger charge is 2.42. The Balaban J connectivity index is 1.87. The number of hydrogen-bond acceptors (Lipinski definition) is 2. The maximum absolute atomic E-state index is 11.0. The first kappa shape index (κ1) is 10.9. The van der Waals surface area contributed by atoms with Crippen LogP contribution in [0.1, 0.15) is 45.4 Å². The molecule has 3 nitrogen and oxygen atoms in total. The third kappa shape index (κ3) is 2.94. The smallest absolute Gasteiger partial charge is 0.320 e. The third-order valence-electron chi connectivity index (χ3n) is 3.53. The summed E-state index contributed by atoms with van der Waals surface area (Å²) in [5.74, 6) is 0.871. The molecule has 1 atom stereocenters. The van der Waals surface area contributed by atoms with Crippen molar-refractivity contribution in [2.24, 2.45) is 11.8 Å². The van der Waals surface area contributed by atoms with Crippen LogP contribution in [0.4, 0.5) is 0 Å². The topological polar surface area (TPSA) is 49.3 Å². The lowest BCUT2D eigenvalue weighted by Crippen LogP contribution is -2.45. The molecule has 86 valence electrons. The fraction of sp³-hybridized carbons (Fsp3) is 0.917. The van der Waals surface area contributed by atoms with Gasteiger partial charge in [-0.1, -0.05) is 13.3 Å². The Kier molecular flexibility index (Phi) is 3.29. The third-order valence-corrected chi connectivity index (χ3v) is 3.53. The summed E-state index contributed by atoms with van der Waals surface area (Å²) in [7, 11) is 0. The molecule has 0 bridgehead atoms. The van der Waals surface area contributed by atoms with E-state index in [1.165, 1.54) is 25.7 Å². The van der Waals surface area contributed by atoms with Crippen LogP contribution in [0, 0.1) is 11.8 Å². The first-order chi connectivity index (χ1) is 7.22. The molecule has 2 N–H and O–H groups in total. The van der Waals surface area contributed by atoms with Gasteiger partial charge in [-0.25, -0.2) is 0 Å². The lowest BCUT2D eigenvalue weighted by molar-refractivity contribution is -0.140. The Hall–Kier alpha value is -0.570. The highest BCUT2D eigenvalue weighted by molar-refractivity contribution is 5.73. The zero-order valence-electron chi connectivity index (χ0n) is 9.41. The predicted octanol–water partition coefficient (Wildman–Crippen LogP) is 2.02. The minimum atomic E-state index is -0.678. The highest BCUT2D eigenvalue weighted by Crippen LogP contribution is 2.44. The maximum atomic E-state index is 11.0. The van der Waals surface area contributed by atoms with Crippen LogP contribution in [0.2, 0.25) is 0 Å². The summed E-state index contributed by atoms with van der Waals surface area (Å²) in [6.45, 7) is 2.04. The number of carboxylic acids is 1. The van der Waals surface area contributed by atoms with Gasteiger partial charge in [-0.2, -0.15) is 0 Å². The van der Waals surface area contributed by atoms with Gasteiger partial charge in [-0.3, -0.25) is 4.79 Å². The average molecular weight is 211 g/mol. The average Bonchev–Trinajstić information content (AvgIpc) is 3.02. The van der Waals surface area contributed by atoms with Crippen molar-refractivity contribution in [3.05, 3.63) is 0 Å². The van der Waals surface area contributed by atoms with Crippen LogP contribution >= 0.6 is 0 Å². The van der Waals surface area contributed by atoms with E-state index in [0.717, 1.165) is 24.7 Å². The normalized spacial score (nSPS) is 23.1. The molecule has 2 aliphatic carbocycles. The molecule has 0 aromatic carbocycles. The van der Waals surface area contributed by atoms with Crippen LogP contribution in [0.15, 0.2) is 0 Å². The van der Waals surface area contributed by atoms with Crippen molar-refractivity contribution < 1.29 is 9.90 Å². The fourth-order valence-electron chi connectivity index (χ4n) is 2.37. The van der Waals surface area contributed by atoms with Gasteiger partial charge in [0.1, 0.15) is 6.04 Å². The van der Waals surface area contributed by atoms with Crippen LogP contribution in [-0.2, 0) is 4.79 Å². The molecule has 2 fully saturated rings. The summed E-state index contributed by atoms with van der Waals surface area (Å²) in [4.78, 5) is 11.0. The van der Waals surface area contributed by atoms with Crippen molar-refractivity contribution in [1.82, 2.24) is 5.32 Å². The zero-order chi connectivity index (χ0) is 10.8. The molecule has 2 aliphatic rings. The standard InChI is InChI=1S/C12H21NO2/c1-2-3-10(12(14)15)13-11(8-4-5-8)9-6-7-9/h8-11,13H,2-7H2,1H3,(H,14,15). The predicted molar refractivity (Wildman–Crippen MR) is 58.7 cm³/mol. The number of carboxylic acid groups (broad SMARTS) is 1. The second-order valence-electron chi connectivity index (χ2n) is 5.05. The van der Waals surface area contributed by atoms with Gasteiger partial charge in [-0.15, -0.1) is 0 Å². The van der Waals surface area contributed by atoms with Crippen molar-refractivity contribution in [3.63, 3.8) is 0 Å². The molecule has 0 amide bonds. The molecule has 0 aromatic heterocycles. The van der Waals surface area contributed by atoms with Crippen molar-refractivity contribution >= 4 is 5.97 Å². The minimum absolute atomic E-state index is 0.318. The largest absolute Gasteiger partial charge is 0.480 e. The highest BCUT2D eigenvalue weighted by atomic mass is 16.4. The first-order valence-electron chi connectivity index (χ1n) is 6.21. The molecular formula is C12H21NO2. The second kappa shape index (κ2) is 4.52. The van der Waals surface area contributed by atoms with Gasteiger partial charge in [-0.05, 0) is 43.9 Å². The molecule has 0 heterocycles. The van der Waals surface area contributed by atoms with E-state index in [-0.39, 0.29) is 6.04 Å². The molecule has 2 rings (SSSR count). The Morgan fingerprint density at radius 1 is 1.33 bits per heavy atom. The van der Waals surface area contributed by atoms with E-state index in [1.807, 2.05) is 6.92 Å². The van der Waals surface area contributed by atoms with E-state index in [2.05, 4.69) is 5.32 Å². The van der Waals surface area contributed by atoms with Gasteiger partial charge in [0.05, 0.1) is 0 Å². The van der Waals surface area contributed by atoms with Crippen molar-refractivity contribution in [3.8, 4) is 0 Å². The fourth-order valence-corrected chi connectivity index (χ4v) is 2.37. The number of carbonyl (C=O) groups is 1. The quantitative estimate of drug-likeness (QED) is 0.677. The molecule has 0 spiro atoms. The number of rotatable bonds is 7. The summed E-state index contributed by atoms with van der Waals surface area (Å²) >= 11 is 0.